The number of hydrogen-bond donors (Lipinski definition) is 4. The molecular weight excluding hydrogens is 220 g/mol. The van der Waals surface area contributed by atoms with Crippen molar-refractivity contribution in [3.05, 3.63) is 0 Å². The van der Waals surface area contributed by atoms with Crippen LogP contribution in [-0.4, -0.2) is 50.6 Å². The van der Waals surface area contributed by atoms with Crippen LogP contribution in [-0.2, 0) is 9.59 Å². The van der Waals surface area contributed by atoms with Crippen molar-refractivity contribution in [3.63, 3.8) is 0 Å². The molecule has 0 aliphatic carbocycles. The molecule has 2 amide bonds. The highest BCUT2D eigenvalue weighted by Crippen LogP contribution is 2.01. The fourth-order valence-electron chi connectivity index (χ4n) is 1.70. The Kier molecular flexibility index (Phi) is 5.93. The van der Waals surface area contributed by atoms with E-state index in [1.165, 1.54) is 0 Å². The van der Waals surface area contributed by atoms with Gasteiger partial charge in [-0.1, -0.05) is 13.8 Å². The van der Waals surface area contributed by atoms with E-state index in [0.717, 1.165) is 6.54 Å². The highest BCUT2D eigenvalue weighted by atomic mass is 16.2. The molecule has 1 saturated heterocycles. The molecular formula is C11H22N4O2. The van der Waals surface area contributed by atoms with Gasteiger partial charge < -0.3 is 16.0 Å². The quantitative estimate of drug-likeness (QED) is 0.448. The monoisotopic (exact) mass is 242 g/mol. The second kappa shape index (κ2) is 7.24. The van der Waals surface area contributed by atoms with Gasteiger partial charge in [-0.15, -0.1) is 0 Å². The second-order valence-corrected chi connectivity index (χ2v) is 4.49. The normalized spacial score (nSPS) is 24.5. The zero-order chi connectivity index (χ0) is 12.7. The third-order valence-corrected chi connectivity index (χ3v) is 2.66. The van der Waals surface area contributed by atoms with Gasteiger partial charge in [-0.3, -0.25) is 14.9 Å². The first kappa shape index (κ1) is 13.9. The minimum atomic E-state index is -0.319. The molecule has 0 saturated carbocycles. The molecule has 1 fully saturated rings. The standard InChI is InChI=1S/C11H22N4O2/c1-8(2)10-11(17)14-6-4-12-3-5-13-9(16)7-15-10/h8,10,12,15H,3-7H2,1-2H3,(H,13,16)(H,14,17)/t10-/m0/s1. The van der Waals surface area contributed by atoms with Crippen LogP contribution in [0.2, 0.25) is 0 Å². The Bertz CT molecular complexity index is 268. The Morgan fingerprint density at radius 2 is 1.71 bits per heavy atom. The summed E-state index contributed by atoms with van der Waals surface area (Å²) < 4.78 is 0. The van der Waals surface area contributed by atoms with Crippen LogP contribution in [0.4, 0.5) is 0 Å². The molecule has 0 unspecified atom stereocenters. The molecule has 4 N–H and O–H groups in total. The molecule has 1 rings (SSSR count). The van der Waals surface area contributed by atoms with Gasteiger partial charge in [0.1, 0.15) is 0 Å². The molecule has 0 bridgehead atoms. The van der Waals surface area contributed by atoms with E-state index in [-0.39, 0.29) is 30.3 Å². The lowest BCUT2D eigenvalue weighted by Crippen LogP contribution is -2.52. The van der Waals surface area contributed by atoms with E-state index in [4.69, 9.17) is 0 Å². The summed E-state index contributed by atoms with van der Waals surface area (Å²) in [5.41, 5.74) is 0. The molecule has 6 nitrogen and oxygen atoms in total. The summed E-state index contributed by atoms with van der Waals surface area (Å²) in [7, 11) is 0. The van der Waals surface area contributed by atoms with Crippen molar-refractivity contribution in [2.24, 2.45) is 5.92 Å². The van der Waals surface area contributed by atoms with Crippen molar-refractivity contribution in [1.29, 1.82) is 0 Å². The van der Waals surface area contributed by atoms with E-state index in [0.29, 0.717) is 19.6 Å². The predicted molar refractivity (Wildman–Crippen MR) is 65.5 cm³/mol. The average molecular weight is 242 g/mol. The van der Waals surface area contributed by atoms with Crippen molar-refractivity contribution in [2.45, 2.75) is 19.9 Å². The van der Waals surface area contributed by atoms with Crippen LogP contribution in [0.3, 0.4) is 0 Å². The third kappa shape index (κ3) is 5.14. The Morgan fingerprint density at radius 3 is 2.35 bits per heavy atom. The van der Waals surface area contributed by atoms with E-state index < -0.39 is 0 Å². The van der Waals surface area contributed by atoms with Crippen molar-refractivity contribution in [2.75, 3.05) is 32.7 Å². The van der Waals surface area contributed by atoms with Crippen LogP contribution in [0.15, 0.2) is 0 Å². The summed E-state index contributed by atoms with van der Waals surface area (Å²) in [6.45, 7) is 6.74. The van der Waals surface area contributed by atoms with Gasteiger partial charge in [0.15, 0.2) is 0 Å². The Hall–Kier alpha value is -1.14. The molecule has 0 aromatic carbocycles. The van der Waals surface area contributed by atoms with Crippen LogP contribution in [0.25, 0.3) is 0 Å². The van der Waals surface area contributed by atoms with Gasteiger partial charge in [0.05, 0.1) is 12.6 Å². The average Bonchev–Trinajstić information content (AvgIpc) is 2.25. The van der Waals surface area contributed by atoms with E-state index in [2.05, 4.69) is 21.3 Å². The van der Waals surface area contributed by atoms with Gasteiger partial charge in [-0.25, -0.2) is 0 Å². The molecule has 1 heterocycles. The highest BCUT2D eigenvalue weighted by molar-refractivity contribution is 5.83. The zero-order valence-corrected chi connectivity index (χ0v) is 10.5. The van der Waals surface area contributed by atoms with Crippen molar-refractivity contribution in [1.82, 2.24) is 21.3 Å². The number of nitrogens with one attached hydrogen (secondary N) is 4. The fraction of sp³-hybridized carbons (Fsp3) is 0.818. The molecule has 17 heavy (non-hydrogen) atoms. The molecule has 1 aliphatic heterocycles. The van der Waals surface area contributed by atoms with E-state index in [1.54, 1.807) is 0 Å². The lowest BCUT2D eigenvalue weighted by Gasteiger charge is -2.22. The van der Waals surface area contributed by atoms with Crippen molar-refractivity contribution >= 4 is 11.8 Å². The van der Waals surface area contributed by atoms with Crippen LogP contribution >= 0.6 is 0 Å². The minimum absolute atomic E-state index is 0.0461. The first-order valence-corrected chi connectivity index (χ1v) is 6.09. The number of amides is 2. The van der Waals surface area contributed by atoms with Crippen LogP contribution < -0.4 is 21.3 Å². The predicted octanol–water partition coefficient (Wildman–Crippen LogP) is -1.56. The van der Waals surface area contributed by atoms with E-state index in [9.17, 15) is 9.59 Å². The third-order valence-electron chi connectivity index (χ3n) is 2.66. The molecule has 0 aromatic heterocycles. The van der Waals surface area contributed by atoms with Gasteiger partial charge in [-0.2, -0.15) is 0 Å². The summed E-state index contributed by atoms with van der Waals surface area (Å²) >= 11 is 0. The number of carbonyl (C=O) groups excluding carboxylic acids is 2. The molecule has 0 aromatic rings. The van der Waals surface area contributed by atoms with Crippen LogP contribution in [0, 0.1) is 5.92 Å². The summed E-state index contributed by atoms with van der Waals surface area (Å²) in [5.74, 6) is 0.0275. The second-order valence-electron chi connectivity index (χ2n) is 4.49. The number of hydrogen-bond acceptors (Lipinski definition) is 4. The smallest absolute Gasteiger partial charge is 0.237 e. The summed E-state index contributed by atoms with van der Waals surface area (Å²) in [6, 6.07) is -0.319. The molecule has 0 radical (unpaired) electrons. The van der Waals surface area contributed by atoms with Gasteiger partial charge in [0, 0.05) is 26.2 Å². The zero-order valence-electron chi connectivity index (χ0n) is 10.5. The highest BCUT2D eigenvalue weighted by Gasteiger charge is 2.22. The largest absolute Gasteiger partial charge is 0.354 e. The maximum absolute atomic E-state index is 11.8. The fourth-order valence-corrected chi connectivity index (χ4v) is 1.70. The van der Waals surface area contributed by atoms with Crippen LogP contribution in [0.5, 0.6) is 0 Å². The molecule has 98 valence electrons. The maximum atomic E-state index is 11.8. The first-order chi connectivity index (χ1) is 8.11. The topological polar surface area (TPSA) is 82.3 Å². The molecule has 1 atom stereocenters. The van der Waals surface area contributed by atoms with E-state index in [1.807, 2.05) is 13.8 Å². The van der Waals surface area contributed by atoms with Gasteiger partial charge in [0.2, 0.25) is 11.8 Å². The molecule has 0 spiro atoms. The SMILES string of the molecule is CC(C)[C@@H]1NCC(=O)NCCNCCNC1=O. The van der Waals surface area contributed by atoms with Gasteiger partial charge in [0.25, 0.3) is 0 Å². The molecule has 6 heteroatoms. The first-order valence-electron chi connectivity index (χ1n) is 6.09. The summed E-state index contributed by atoms with van der Waals surface area (Å²) in [5, 5.41) is 11.8. The lowest BCUT2D eigenvalue weighted by molar-refractivity contribution is -0.124. The number of carbonyl (C=O) groups is 2. The molecule has 1 aliphatic rings. The van der Waals surface area contributed by atoms with Crippen molar-refractivity contribution < 1.29 is 9.59 Å². The number of rotatable bonds is 1. The Balaban J connectivity index is 2.55. The Labute approximate surface area is 102 Å². The van der Waals surface area contributed by atoms with Crippen molar-refractivity contribution in [3.8, 4) is 0 Å². The van der Waals surface area contributed by atoms with Gasteiger partial charge in [-0.05, 0) is 5.92 Å². The summed E-state index contributed by atoms with van der Waals surface area (Å²) in [6.07, 6.45) is 0. The Morgan fingerprint density at radius 1 is 1.06 bits per heavy atom. The summed E-state index contributed by atoms with van der Waals surface area (Å²) in [4.78, 5) is 23.3. The van der Waals surface area contributed by atoms with E-state index >= 15 is 0 Å². The minimum Gasteiger partial charge on any atom is -0.354 e. The lowest BCUT2D eigenvalue weighted by atomic mass is 10.0. The maximum Gasteiger partial charge on any atom is 0.237 e. The van der Waals surface area contributed by atoms with Gasteiger partial charge >= 0.3 is 0 Å². The van der Waals surface area contributed by atoms with Crippen LogP contribution in [0.1, 0.15) is 13.8 Å².